The maximum Gasteiger partial charge on any atom is 0.240 e. The van der Waals surface area contributed by atoms with Gasteiger partial charge in [0.05, 0.1) is 4.90 Å². The predicted molar refractivity (Wildman–Crippen MR) is 105 cm³/mol. The summed E-state index contributed by atoms with van der Waals surface area (Å²) in [5, 5.41) is 2.77. The highest BCUT2D eigenvalue weighted by atomic mass is 32.2. The van der Waals surface area contributed by atoms with Crippen molar-refractivity contribution in [3.63, 3.8) is 0 Å². The van der Waals surface area contributed by atoms with E-state index in [4.69, 9.17) is 4.74 Å². The van der Waals surface area contributed by atoms with Crippen molar-refractivity contribution < 1.29 is 17.9 Å². The summed E-state index contributed by atoms with van der Waals surface area (Å²) in [5.41, 5.74) is 0.595. The summed E-state index contributed by atoms with van der Waals surface area (Å²) in [6.45, 7) is 2.52. The van der Waals surface area contributed by atoms with Gasteiger partial charge < -0.3 is 10.1 Å². The molecule has 1 aromatic carbocycles. The molecule has 2 N–H and O–H groups in total. The van der Waals surface area contributed by atoms with E-state index in [0.29, 0.717) is 37.0 Å². The first-order valence-corrected chi connectivity index (χ1v) is 11.3. The largest absolute Gasteiger partial charge is 0.385 e. The Hall–Kier alpha value is -1.44. The van der Waals surface area contributed by atoms with Gasteiger partial charge in [-0.25, -0.2) is 13.1 Å². The van der Waals surface area contributed by atoms with E-state index in [1.54, 1.807) is 31.4 Å². The number of fused-ring (bicyclic) bond motifs is 2. The topological polar surface area (TPSA) is 84.5 Å². The fraction of sp³-hybridized carbons (Fsp3) is 0.650. The summed E-state index contributed by atoms with van der Waals surface area (Å²) in [4.78, 5) is 12.1. The zero-order valence-corrected chi connectivity index (χ0v) is 16.9. The fourth-order valence-corrected chi connectivity index (χ4v) is 5.92. The molecule has 2 aliphatic carbocycles. The van der Waals surface area contributed by atoms with Crippen molar-refractivity contribution in [2.45, 2.75) is 56.4 Å². The highest BCUT2D eigenvalue weighted by Gasteiger charge is 2.42. The zero-order chi connectivity index (χ0) is 19.4. The second kappa shape index (κ2) is 8.71. The monoisotopic (exact) mass is 394 g/mol. The van der Waals surface area contributed by atoms with Gasteiger partial charge in [-0.1, -0.05) is 6.42 Å². The molecular formula is C20H30N2O4S. The molecule has 2 fully saturated rings. The minimum atomic E-state index is -3.56. The van der Waals surface area contributed by atoms with Crippen LogP contribution in [0.4, 0.5) is 5.69 Å². The van der Waals surface area contributed by atoms with Crippen LogP contribution in [0.1, 0.15) is 45.4 Å². The Labute approximate surface area is 162 Å². The second-order valence-corrected chi connectivity index (χ2v) is 9.63. The summed E-state index contributed by atoms with van der Waals surface area (Å²) in [5.74, 6) is 1.80. The number of methoxy groups -OCH3 is 1. The lowest BCUT2D eigenvalue weighted by Crippen LogP contribution is -2.40. The number of hydrogen-bond donors (Lipinski definition) is 2. The minimum absolute atomic E-state index is 0.0505. The number of benzene rings is 1. The van der Waals surface area contributed by atoms with Gasteiger partial charge in [-0.15, -0.1) is 0 Å². The van der Waals surface area contributed by atoms with E-state index in [1.165, 1.54) is 19.3 Å². The molecule has 0 saturated heterocycles. The van der Waals surface area contributed by atoms with E-state index in [0.717, 1.165) is 12.3 Å². The standard InChI is InChI=1S/C20H30N2O4S/c1-14(19-13-15-5-6-16(19)12-15)22-27(24,25)18-9-7-17(8-10-18)21-20(23)4-3-11-26-2/h7-10,14-16,19,22H,3-6,11-13H2,1-2H3,(H,21,23)/t14-,15-,16-,19-/m0/s1. The molecule has 7 heteroatoms. The highest BCUT2D eigenvalue weighted by molar-refractivity contribution is 7.89. The van der Waals surface area contributed by atoms with Crippen molar-refractivity contribution >= 4 is 21.6 Å². The Morgan fingerprint density at radius 2 is 1.96 bits per heavy atom. The van der Waals surface area contributed by atoms with Crippen molar-refractivity contribution in [3.8, 4) is 0 Å². The third kappa shape index (κ3) is 5.09. The van der Waals surface area contributed by atoms with Crippen LogP contribution < -0.4 is 10.0 Å². The number of nitrogens with one attached hydrogen (secondary N) is 2. The predicted octanol–water partition coefficient (Wildman–Crippen LogP) is 3.15. The molecule has 0 radical (unpaired) electrons. The first kappa shape index (κ1) is 20.3. The quantitative estimate of drug-likeness (QED) is 0.630. The molecule has 3 rings (SSSR count). The number of anilines is 1. The number of carbonyl (C=O) groups is 1. The van der Waals surface area contributed by atoms with E-state index in [1.807, 2.05) is 6.92 Å². The van der Waals surface area contributed by atoms with E-state index in [-0.39, 0.29) is 16.8 Å². The Morgan fingerprint density at radius 3 is 2.56 bits per heavy atom. The highest BCUT2D eigenvalue weighted by Crippen LogP contribution is 2.49. The van der Waals surface area contributed by atoms with Gasteiger partial charge in [0.1, 0.15) is 0 Å². The molecule has 2 bridgehead atoms. The van der Waals surface area contributed by atoms with Crippen molar-refractivity contribution in [1.29, 1.82) is 0 Å². The van der Waals surface area contributed by atoms with Crippen LogP contribution in [-0.4, -0.2) is 34.1 Å². The maximum atomic E-state index is 12.7. The normalized spacial score (nSPS) is 25.5. The first-order chi connectivity index (χ1) is 12.9. The molecule has 0 unspecified atom stereocenters. The lowest BCUT2D eigenvalue weighted by molar-refractivity contribution is -0.116. The molecule has 0 spiro atoms. The molecule has 2 saturated carbocycles. The van der Waals surface area contributed by atoms with Crippen molar-refractivity contribution in [3.05, 3.63) is 24.3 Å². The van der Waals surface area contributed by atoms with E-state index in [2.05, 4.69) is 10.0 Å². The number of rotatable bonds is 9. The molecular weight excluding hydrogens is 364 g/mol. The van der Waals surface area contributed by atoms with Crippen molar-refractivity contribution in [2.75, 3.05) is 19.0 Å². The molecule has 0 aromatic heterocycles. The van der Waals surface area contributed by atoms with Crippen LogP contribution in [0.2, 0.25) is 0 Å². The summed E-state index contributed by atoms with van der Waals surface area (Å²) in [7, 11) is -1.96. The van der Waals surface area contributed by atoms with E-state index >= 15 is 0 Å². The van der Waals surface area contributed by atoms with Crippen LogP contribution >= 0.6 is 0 Å². The zero-order valence-electron chi connectivity index (χ0n) is 16.1. The molecule has 6 nitrogen and oxygen atoms in total. The van der Waals surface area contributed by atoms with Gasteiger partial charge in [-0.3, -0.25) is 4.79 Å². The molecule has 1 aromatic rings. The van der Waals surface area contributed by atoms with Gasteiger partial charge in [0.15, 0.2) is 0 Å². The smallest absolute Gasteiger partial charge is 0.240 e. The van der Waals surface area contributed by atoms with Gasteiger partial charge in [0.2, 0.25) is 15.9 Å². The van der Waals surface area contributed by atoms with Crippen LogP contribution in [0.5, 0.6) is 0 Å². The third-order valence-electron chi connectivity index (χ3n) is 5.98. The van der Waals surface area contributed by atoms with Gasteiger partial charge >= 0.3 is 0 Å². The molecule has 0 heterocycles. The molecule has 150 valence electrons. The van der Waals surface area contributed by atoms with E-state index < -0.39 is 10.0 Å². The lowest BCUT2D eigenvalue weighted by atomic mass is 9.84. The second-order valence-electron chi connectivity index (χ2n) is 7.92. The van der Waals surface area contributed by atoms with Crippen molar-refractivity contribution in [2.24, 2.45) is 17.8 Å². The molecule has 2 aliphatic rings. The summed E-state index contributed by atoms with van der Waals surface area (Å²) in [6, 6.07) is 6.29. The Balaban J connectivity index is 1.56. The minimum Gasteiger partial charge on any atom is -0.385 e. The van der Waals surface area contributed by atoms with Crippen LogP contribution in [-0.2, 0) is 19.6 Å². The van der Waals surface area contributed by atoms with Crippen LogP contribution in [0.25, 0.3) is 0 Å². The molecule has 27 heavy (non-hydrogen) atoms. The SMILES string of the molecule is COCCCC(=O)Nc1ccc(S(=O)(=O)N[C@@H](C)[C@@H]2C[C@H]3CC[C@H]2C3)cc1. The number of amides is 1. The number of sulfonamides is 1. The van der Waals surface area contributed by atoms with Crippen LogP contribution in [0, 0.1) is 17.8 Å². The summed E-state index contributed by atoms with van der Waals surface area (Å²) < 4.78 is 33.2. The van der Waals surface area contributed by atoms with Crippen molar-refractivity contribution in [1.82, 2.24) is 4.72 Å². The van der Waals surface area contributed by atoms with Crippen LogP contribution in [0.15, 0.2) is 29.2 Å². The van der Waals surface area contributed by atoms with Crippen LogP contribution in [0.3, 0.4) is 0 Å². The average Bonchev–Trinajstić information content (AvgIpc) is 3.25. The summed E-state index contributed by atoms with van der Waals surface area (Å²) in [6.07, 6.45) is 5.97. The first-order valence-electron chi connectivity index (χ1n) is 9.80. The summed E-state index contributed by atoms with van der Waals surface area (Å²) >= 11 is 0. The average molecular weight is 395 g/mol. The fourth-order valence-electron chi connectivity index (χ4n) is 4.62. The van der Waals surface area contributed by atoms with Gasteiger partial charge in [-0.2, -0.15) is 0 Å². The number of carbonyl (C=O) groups excluding carboxylic acids is 1. The van der Waals surface area contributed by atoms with Gasteiger partial charge in [-0.05, 0) is 74.6 Å². The molecule has 1 amide bonds. The maximum absolute atomic E-state index is 12.7. The van der Waals surface area contributed by atoms with E-state index in [9.17, 15) is 13.2 Å². The Kier molecular flexibility index (Phi) is 6.55. The lowest BCUT2D eigenvalue weighted by Gasteiger charge is -2.28. The number of ether oxygens (including phenoxy) is 1. The molecule has 0 aliphatic heterocycles. The Morgan fingerprint density at radius 1 is 1.22 bits per heavy atom. The third-order valence-corrected chi connectivity index (χ3v) is 7.55. The Bertz CT molecular complexity index is 748. The van der Waals surface area contributed by atoms with Gasteiger partial charge in [0, 0.05) is 31.9 Å². The number of hydrogen-bond acceptors (Lipinski definition) is 4. The van der Waals surface area contributed by atoms with Gasteiger partial charge in [0.25, 0.3) is 0 Å². The molecule has 4 atom stereocenters.